The zero-order chi connectivity index (χ0) is 13.2. The van der Waals surface area contributed by atoms with Crippen LogP contribution in [-0.4, -0.2) is 32.7 Å². The molecule has 0 spiro atoms. The average molecular weight is 377 g/mol. The van der Waals surface area contributed by atoms with Gasteiger partial charge >= 0.3 is 0 Å². The maximum atomic E-state index is 5.69. The number of benzene rings is 1. The van der Waals surface area contributed by atoms with Crippen LogP contribution in [0.15, 0.2) is 29.3 Å². The molecule has 0 bridgehead atoms. The minimum absolute atomic E-state index is 0. The number of aliphatic imine (C=N–C) groups is 1. The van der Waals surface area contributed by atoms with E-state index in [1.807, 2.05) is 31.2 Å². The fourth-order valence-electron chi connectivity index (χ4n) is 1.51. The number of rotatable bonds is 6. The zero-order valence-corrected chi connectivity index (χ0v) is 14.2. The molecule has 1 rings (SSSR count). The fraction of sp³-hybridized carbons (Fsp3) is 0.500. The van der Waals surface area contributed by atoms with Gasteiger partial charge < -0.3 is 15.4 Å². The maximum Gasteiger partial charge on any atom is 0.191 e. The lowest BCUT2D eigenvalue weighted by molar-refractivity contribution is 0.320. The van der Waals surface area contributed by atoms with E-state index >= 15 is 0 Å². The van der Waals surface area contributed by atoms with Gasteiger partial charge in [-0.2, -0.15) is 0 Å². The smallest absolute Gasteiger partial charge is 0.191 e. The molecule has 0 saturated heterocycles. The number of hydrogen-bond donors (Lipinski definition) is 2. The van der Waals surface area contributed by atoms with E-state index in [2.05, 4.69) is 22.5 Å². The summed E-state index contributed by atoms with van der Waals surface area (Å²) in [6, 6.07) is 8.03. The number of halogens is 1. The van der Waals surface area contributed by atoms with Crippen molar-refractivity contribution in [2.45, 2.75) is 20.3 Å². The van der Waals surface area contributed by atoms with E-state index in [1.54, 1.807) is 7.05 Å². The van der Waals surface area contributed by atoms with Crippen LogP contribution in [0.1, 0.15) is 18.9 Å². The highest BCUT2D eigenvalue weighted by atomic mass is 127. The van der Waals surface area contributed by atoms with Gasteiger partial charge in [0.15, 0.2) is 5.96 Å². The van der Waals surface area contributed by atoms with E-state index in [4.69, 9.17) is 4.74 Å². The van der Waals surface area contributed by atoms with Crippen molar-refractivity contribution >= 4 is 29.9 Å². The second kappa shape index (κ2) is 10.9. The first-order valence-electron chi connectivity index (χ1n) is 6.41. The number of nitrogens with zero attached hydrogens (tertiary/aromatic N) is 1. The van der Waals surface area contributed by atoms with E-state index in [0.717, 1.165) is 36.8 Å². The van der Waals surface area contributed by atoms with Crippen molar-refractivity contribution < 1.29 is 4.74 Å². The van der Waals surface area contributed by atoms with Crippen molar-refractivity contribution in [3.63, 3.8) is 0 Å². The van der Waals surface area contributed by atoms with Gasteiger partial charge in [0.2, 0.25) is 0 Å². The molecule has 1 aromatic rings. The quantitative estimate of drug-likeness (QED) is 0.347. The summed E-state index contributed by atoms with van der Waals surface area (Å²) < 4.78 is 5.69. The van der Waals surface area contributed by atoms with E-state index in [9.17, 15) is 0 Å². The molecule has 1 aromatic carbocycles. The Bertz CT molecular complexity index is 383. The van der Waals surface area contributed by atoms with Crippen LogP contribution >= 0.6 is 24.0 Å². The summed E-state index contributed by atoms with van der Waals surface area (Å²) in [7, 11) is 1.77. The largest absolute Gasteiger partial charge is 0.491 e. The zero-order valence-electron chi connectivity index (χ0n) is 11.9. The number of ether oxygens (including phenoxy) is 1. The Kier molecular flexibility index (Phi) is 10.3. The minimum atomic E-state index is 0. The SMILES string of the molecule is CCCNC(=NC)NCCOc1ccccc1C.I. The minimum Gasteiger partial charge on any atom is -0.491 e. The third kappa shape index (κ3) is 7.25. The third-order valence-corrected chi connectivity index (χ3v) is 2.51. The van der Waals surface area contributed by atoms with Crippen LogP contribution in [-0.2, 0) is 0 Å². The standard InChI is InChI=1S/C14H23N3O.HI/c1-4-9-16-14(15-3)17-10-11-18-13-8-6-5-7-12(13)2;/h5-8H,4,9-11H2,1-3H3,(H2,15,16,17);1H. The molecule has 0 heterocycles. The van der Waals surface area contributed by atoms with Crippen molar-refractivity contribution in [1.29, 1.82) is 0 Å². The Balaban J connectivity index is 0.00000324. The molecule has 0 amide bonds. The predicted molar refractivity (Wildman–Crippen MR) is 91.7 cm³/mol. The second-order valence-electron chi connectivity index (χ2n) is 4.04. The summed E-state index contributed by atoms with van der Waals surface area (Å²) in [6.45, 7) is 6.46. The highest BCUT2D eigenvalue weighted by molar-refractivity contribution is 14.0. The highest BCUT2D eigenvalue weighted by Gasteiger charge is 1.98. The Morgan fingerprint density at radius 2 is 1.89 bits per heavy atom. The summed E-state index contributed by atoms with van der Waals surface area (Å²) >= 11 is 0. The van der Waals surface area contributed by atoms with Gasteiger partial charge in [-0.05, 0) is 25.0 Å². The van der Waals surface area contributed by atoms with E-state index in [0.29, 0.717) is 6.61 Å². The molecule has 0 aliphatic carbocycles. The van der Waals surface area contributed by atoms with Gasteiger partial charge in [0, 0.05) is 13.6 Å². The molecule has 4 nitrogen and oxygen atoms in total. The molecular weight excluding hydrogens is 353 g/mol. The van der Waals surface area contributed by atoms with Gasteiger partial charge in [0.05, 0.1) is 6.54 Å². The van der Waals surface area contributed by atoms with Crippen molar-refractivity contribution in [1.82, 2.24) is 10.6 Å². The van der Waals surface area contributed by atoms with Crippen LogP contribution in [0.25, 0.3) is 0 Å². The van der Waals surface area contributed by atoms with Gasteiger partial charge in [-0.1, -0.05) is 25.1 Å². The van der Waals surface area contributed by atoms with E-state index in [-0.39, 0.29) is 24.0 Å². The van der Waals surface area contributed by atoms with Crippen molar-refractivity contribution in [3.05, 3.63) is 29.8 Å². The number of hydrogen-bond acceptors (Lipinski definition) is 2. The Labute approximate surface area is 133 Å². The van der Waals surface area contributed by atoms with Crippen molar-refractivity contribution in [2.24, 2.45) is 4.99 Å². The summed E-state index contributed by atoms with van der Waals surface area (Å²) in [5.74, 6) is 1.76. The lowest BCUT2D eigenvalue weighted by Crippen LogP contribution is -2.39. The summed E-state index contributed by atoms with van der Waals surface area (Å²) in [6.07, 6.45) is 1.08. The summed E-state index contributed by atoms with van der Waals surface area (Å²) in [5.41, 5.74) is 1.16. The summed E-state index contributed by atoms with van der Waals surface area (Å²) in [5, 5.41) is 6.42. The lowest BCUT2D eigenvalue weighted by atomic mass is 10.2. The molecule has 0 saturated carbocycles. The van der Waals surface area contributed by atoms with Crippen LogP contribution in [0, 0.1) is 6.92 Å². The van der Waals surface area contributed by atoms with Gasteiger partial charge in [0.25, 0.3) is 0 Å². The van der Waals surface area contributed by atoms with Crippen LogP contribution < -0.4 is 15.4 Å². The molecule has 5 heteroatoms. The fourth-order valence-corrected chi connectivity index (χ4v) is 1.51. The molecule has 2 N–H and O–H groups in total. The highest BCUT2D eigenvalue weighted by Crippen LogP contribution is 2.15. The van der Waals surface area contributed by atoms with Crippen LogP contribution in [0.4, 0.5) is 0 Å². The molecule has 19 heavy (non-hydrogen) atoms. The molecule has 108 valence electrons. The maximum absolute atomic E-state index is 5.69. The summed E-state index contributed by atoms with van der Waals surface area (Å²) in [4.78, 5) is 4.13. The van der Waals surface area contributed by atoms with Crippen molar-refractivity contribution in [2.75, 3.05) is 26.7 Å². The van der Waals surface area contributed by atoms with Gasteiger partial charge in [-0.15, -0.1) is 24.0 Å². The molecule has 0 atom stereocenters. The second-order valence-corrected chi connectivity index (χ2v) is 4.04. The molecule has 0 unspecified atom stereocenters. The lowest BCUT2D eigenvalue weighted by Gasteiger charge is -2.12. The third-order valence-electron chi connectivity index (χ3n) is 2.51. The van der Waals surface area contributed by atoms with Crippen molar-refractivity contribution in [3.8, 4) is 5.75 Å². The molecule has 0 aliphatic rings. The monoisotopic (exact) mass is 377 g/mol. The Hall–Kier alpha value is -0.980. The van der Waals surface area contributed by atoms with Crippen LogP contribution in [0.3, 0.4) is 0 Å². The van der Waals surface area contributed by atoms with E-state index < -0.39 is 0 Å². The molecule has 0 radical (unpaired) electrons. The molecule has 0 fully saturated rings. The van der Waals surface area contributed by atoms with Crippen LogP contribution in [0.2, 0.25) is 0 Å². The van der Waals surface area contributed by atoms with E-state index in [1.165, 1.54) is 0 Å². The molecule has 0 aromatic heterocycles. The molecule has 0 aliphatic heterocycles. The average Bonchev–Trinajstić information content (AvgIpc) is 2.40. The number of nitrogens with one attached hydrogen (secondary N) is 2. The number of para-hydroxylation sites is 1. The van der Waals surface area contributed by atoms with Gasteiger partial charge in [-0.25, -0.2) is 0 Å². The predicted octanol–water partition coefficient (Wildman–Crippen LogP) is 2.57. The van der Waals surface area contributed by atoms with Gasteiger partial charge in [-0.3, -0.25) is 4.99 Å². The first-order chi connectivity index (χ1) is 8.77. The first-order valence-corrected chi connectivity index (χ1v) is 6.41. The topological polar surface area (TPSA) is 45.7 Å². The normalized spacial score (nSPS) is 10.6. The van der Waals surface area contributed by atoms with Gasteiger partial charge in [0.1, 0.15) is 12.4 Å². The Morgan fingerprint density at radius 3 is 2.53 bits per heavy atom. The number of guanidine groups is 1. The number of aryl methyl sites for hydroxylation is 1. The molecular formula is C14H24IN3O. The Morgan fingerprint density at radius 1 is 1.21 bits per heavy atom. The first kappa shape index (κ1) is 18.0. The van der Waals surface area contributed by atoms with Crippen LogP contribution in [0.5, 0.6) is 5.75 Å².